The second-order valence-corrected chi connectivity index (χ2v) is 8.30. The highest BCUT2D eigenvalue weighted by molar-refractivity contribution is 7.18. The normalized spacial score (nSPS) is 18.2. The molecule has 1 atom stereocenters. The molecule has 1 unspecified atom stereocenters. The minimum atomic E-state index is -1.28. The molecule has 3 aromatic rings. The molecule has 2 N–H and O–H groups in total. The van der Waals surface area contributed by atoms with Crippen LogP contribution in [-0.4, -0.2) is 42.4 Å². The van der Waals surface area contributed by atoms with E-state index < -0.39 is 35.9 Å². The summed E-state index contributed by atoms with van der Waals surface area (Å²) in [5.74, 6) is -1.57. The van der Waals surface area contributed by atoms with E-state index in [0.29, 0.717) is 15.4 Å². The van der Waals surface area contributed by atoms with Crippen molar-refractivity contribution in [3.8, 4) is 0 Å². The first-order valence-corrected chi connectivity index (χ1v) is 10.2. The Bertz CT molecular complexity index is 1220. The number of urea groups is 1. The molecule has 1 aromatic heterocycles. The van der Waals surface area contributed by atoms with Crippen molar-refractivity contribution in [1.82, 2.24) is 10.2 Å². The second-order valence-electron chi connectivity index (χ2n) is 7.21. The van der Waals surface area contributed by atoms with Crippen LogP contribution in [0.5, 0.6) is 0 Å². The zero-order valence-corrected chi connectivity index (χ0v) is 17.6. The van der Waals surface area contributed by atoms with Gasteiger partial charge in [-0.15, -0.1) is 11.3 Å². The fourth-order valence-corrected chi connectivity index (χ4v) is 4.31. The minimum Gasteiger partial charge on any atom is -0.465 e. The molecule has 0 radical (unpaired) electrons. The summed E-state index contributed by atoms with van der Waals surface area (Å²) < 4.78 is 4.63. The van der Waals surface area contributed by atoms with Crippen molar-refractivity contribution in [2.45, 2.75) is 12.5 Å². The predicted molar refractivity (Wildman–Crippen MR) is 116 cm³/mol. The highest BCUT2D eigenvalue weighted by atomic mass is 32.1. The summed E-state index contributed by atoms with van der Waals surface area (Å²) >= 11 is 1.04. The Morgan fingerprint density at radius 2 is 1.84 bits per heavy atom. The lowest BCUT2D eigenvalue weighted by molar-refractivity contribution is -0.133. The Hall–Kier alpha value is -3.72. The molecule has 4 amide bonds. The number of nitrogens with zero attached hydrogens (tertiary/aromatic N) is 1. The van der Waals surface area contributed by atoms with Gasteiger partial charge in [-0.25, -0.2) is 9.59 Å². The standard InChI is InChI=1S/C22H19N3O5S/c1-22(15-8-7-13-5-3-4-6-14(13)11-15)20(28)25(21(29)24-22)12-17(26)23-18-10-9-16(31-18)19(27)30-2/h3-11H,12H2,1-2H3,(H,23,26)(H,24,29). The van der Waals surface area contributed by atoms with Gasteiger partial charge in [-0.05, 0) is 41.5 Å². The molecular weight excluding hydrogens is 418 g/mol. The topological polar surface area (TPSA) is 105 Å². The molecule has 0 bridgehead atoms. The molecule has 31 heavy (non-hydrogen) atoms. The van der Waals surface area contributed by atoms with Crippen LogP contribution in [0, 0.1) is 0 Å². The molecular formula is C22H19N3O5S. The Balaban J connectivity index is 1.50. The molecule has 158 valence electrons. The van der Waals surface area contributed by atoms with E-state index in [1.165, 1.54) is 13.2 Å². The van der Waals surface area contributed by atoms with Crippen LogP contribution in [0.3, 0.4) is 0 Å². The number of benzene rings is 2. The Morgan fingerprint density at radius 1 is 1.10 bits per heavy atom. The van der Waals surface area contributed by atoms with Gasteiger partial charge in [-0.3, -0.25) is 14.5 Å². The molecule has 4 rings (SSSR count). The number of hydrogen-bond donors (Lipinski definition) is 2. The summed E-state index contributed by atoms with van der Waals surface area (Å²) in [7, 11) is 1.27. The third-order valence-corrected chi connectivity index (χ3v) is 6.14. The van der Waals surface area contributed by atoms with Gasteiger partial charge in [0.2, 0.25) is 5.91 Å². The highest BCUT2D eigenvalue weighted by Crippen LogP contribution is 2.31. The van der Waals surface area contributed by atoms with Crippen LogP contribution in [0.15, 0.2) is 54.6 Å². The third-order valence-electron chi connectivity index (χ3n) is 5.16. The van der Waals surface area contributed by atoms with Crippen molar-refractivity contribution in [3.05, 3.63) is 65.0 Å². The van der Waals surface area contributed by atoms with E-state index in [-0.39, 0.29) is 0 Å². The molecule has 1 aliphatic heterocycles. The Morgan fingerprint density at radius 3 is 2.58 bits per heavy atom. The summed E-state index contributed by atoms with van der Waals surface area (Å²) in [5.41, 5.74) is -0.643. The number of anilines is 1. The molecule has 1 fully saturated rings. The molecule has 0 aliphatic carbocycles. The van der Waals surface area contributed by atoms with Crippen molar-refractivity contribution in [2.75, 3.05) is 19.0 Å². The number of carbonyl (C=O) groups excluding carboxylic acids is 4. The Kier molecular flexibility index (Phi) is 5.20. The van der Waals surface area contributed by atoms with E-state index in [2.05, 4.69) is 15.4 Å². The quantitative estimate of drug-likeness (QED) is 0.471. The van der Waals surface area contributed by atoms with E-state index in [1.54, 1.807) is 19.1 Å². The number of esters is 1. The summed E-state index contributed by atoms with van der Waals surface area (Å²) in [6.07, 6.45) is 0. The van der Waals surface area contributed by atoms with Gasteiger partial charge in [0.15, 0.2) is 0 Å². The number of carbonyl (C=O) groups is 4. The smallest absolute Gasteiger partial charge is 0.348 e. The number of rotatable bonds is 5. The van der Waals surface area contributed by atoms with Gasteiger partial charge in [0, 0.05) is 0 Å². The van der Waals surface area contributed by atoms with Gasteiger partial charge < -0.3 is 15.4 Å². The van der Waals surface area contributed by atoms with Crippen LogP contribution < -0.4 is 10.6 Å². The van der Waals surface area contributed by atoms with Crippen LogP contribution in [-0.2, 0) is 19.9 Å². The molecule has 2 aromatic carbocycles. The first kappa shape index (κ1) is 20.5. The summed E-state index contributed by atoms with van der Waals surface area (Å²) in [6, 6.07) is 15.7. The lowest BCUT2D eigenvalue weighted by Crippen LogP contribution is -2.42. The maximum absolute atomic E-state index is 13.1. The number of nitrogens with one attached hydrogen (secondary N) is 2. The zero-order valence-electron chi connectivity index (χ0n) is 16.8. The van der Waals surface area contributed by atoms with E-state index in [1.807, 2.05) is 36.4 Å². The van der Waals surface area contributed by atoms with E-state index in [0.717, 1.165) is 27.0 Å². The first-order valence-electron chi connectivity index (χ1n) is 9.43. The van der Waals surface area contributed by atoms with Crippen molar-refractivity contribution in [2.24, 2.45) is 0 Å². The first-order chi connectivity index (χ1) is 14.8. The van der Waals surface area contributed by atoms with Crippen LogP contribution in [0.1, 0.15) is 22.2 Å². The second kappa shape index (κ2) is 7.84. The molecule has 2 heterocycles. The number of hydrogen-bond acceptors (Lipinski definition) is 6. The number of thiophene rings is 1. The summed E-state index contributed by atoms with van der Waals surface area (Å²) in [5, 5.41) is 7.68. The average molecular weight is 437 g/mol. The third kappa shape index (κ3) is 3.75. The molecule has 1 saturated heterocycles. The number of amides is 4. The number of imide groups is 1. The molecule has 0 spiro atoms. The number of ether oxygens (including phenoxy) is 1. The van der Waals surface area contributed by atoms with Gasteiger partial charge in [0.05, 0.1) is 12.1 Å². The van der Waals surface area contributed by atoms with Crippen molar-refractivity contribution >= 4 is 50.9 Å². The molecule has 0 saturated carbocycles. The van der Waals surface area contributed by atoms with Crippen LogP contribution in [0.25, 0.3) is 10.8 Å². The maximum atomic E-state index is 13.1. The van der Waals surface area contributed by atoms with Crippen LogP contribution in [0.2, 0.25) is 0 Å². The minimum absolute atomic E-state index is 0.330. The van der Waals surface area contributed by atoms with Gasteiger partial charge in [-0.2, -0.15) is 0 Å². The zero-order chi connectivity index (χ0) is 22.2. The van der Waals surface area contributed by atoms with Crippen LogP contribution in [0.4, 0.5) is 9.80 Å². The monoisotopic (exact) mass is 437 g/mol. The van der Waals surface area contributed by atoms with Gasteiger partial charge in [0.1, 0.15) is 17.0 Å². The van der Waals surface area contributed by atoms with E-state index >= 15 is 0 Å². The molecule has 9 heteroatoms. The highest BCUT2D eigenvalue weighted by Gasteiger charge is 2.49. The summed E-state index contributed by atoms with van der Waals surface area (Å²) in [4.78, 5) is 50.8. The van der Waals surface area contributed by atoms with Crippen molar-refractivity contribution < 1.29 is 23.9 Å². The van der Waals surface area contributed by atoms with E-state index in [9.17, 15) is 19.2 Å². The lowest BCUT2D eigenvalue weighted by atomic mass is 9.90. The number of methoxy groups -OCH3 is 1. The predicted octanol–water partition coefficient (Wildman–Crippen LogP) is 3.09. The van der Waals surface area contributed by atoms with Crippen molar-refractivity contribution in [1.29, 1.82) is 0 Å². The summed E-state index contributed by atoms with van der Waals surface area (Å²) in [6.45, 7) is 1.18. The molecule has 1 aliphatic rings. The SMILES string of the molecule is COC(=O)c1ccc(NC(=O)CN2C(=O)NC(C)(c3ccc4ccccc4c3)C2=O)s1. The van der Waals surface area contributed by atoms with Gasteiger partial charge in [-0.1, -0.05) is 36.4 Å². The fraction of sp³-hybridized carbons (Fsp3) is 0.182. The lowest BCUT2D eigenvalue weighted by Gasteiger charge is -2.22. The van der Waals surface area contributed by atoms with E-state index in [4.69, 9.17) is 0 Å². The number of fused-ring (bicyclic) bond motifs is 1. The van der Waals surface area contributed by atoms with Crippen molar-refractivity contribution in [3.63, 3.8) is 0 Å². The van der Waals surface area contributed by atoms with Gasteiger partial charge >= 0.3 is 12.0 Å². The van der Waals surface area contributed by atoms with Crippen LogP contribution >= 0.6 is 11.3 Å². The average Bonchev–Trinajstić information content (AvgIpc) is 3.31. The molecule has 8 nitrogen and oxygen atoms in total. The fourth-order valence-electron chi connectivity index (χ4n) is 3.47. The van der Waals surface area contributed by atoms with Gasteiger partial charge in [0.25, 0.3) is 5.91 Å². The Labute approximate surface area is 181 Å². The largest absolute Gasteiger partial charge is 0.465 e. The maximum Gasteiger partial charge on any atom is 0.348 e.